The molecule has 5 aliphatic rings. The molecule has 194 valence electrons. The first-order valence-corrected chi connectivity index (χ1v) is 14.5. The number of hydrazone groups is 1. The highest BCUT2D eigenvalue weighted by Crippen LogP contribution is 2.62. The van der Waals surface area contributed by atoms with Gasteiger partial charge in [-0.1, -0.05) is 6.58 Å². The highest BCUT2D eigenvalue weighted by molar-refractivity contribution is 7.64. The Kier molecular flexibility index (Phi) is 6.29. The second-order valence-corrected chi connectivity index (χ2v) is 13.1. The van der Waals surface area contributed by atoms with Gasteiger partial charge in [0.2, 0.25) is 5.91 Å². The van der Waals surface area contributed by atoms with Gasteiger partial charge in [-0.15, -0.1) is 5.09 Å². The number of allylic oxidation sites excluding steroid dienone is 1. The molecule has 0 bridgehead atoms. The Morgan fingerprint density at radius 3 is 2.39 bits per heavy atom. The van der Waals surface area contributed by atoms with Gasteiger partial charge in [0.1, 0.15) is 6.66 Å². The first kappa shape index (κ1) is 25.0. The van der Waals surface area contributed by atoms with Gasteiger partial charge in [-0.25, -0.2) is 15.0 Å². The highest BCUT2D eigenvalue weighted by Gasteiger charge is 2.68. The maximum atomic E-state index is 12.8. The van der Waals surface area contributed by atoms with Crippen LogP contribution in [0.15, 0.2) is 29.5 Å². The van der Waals surface area contributed by atoms with Gasteiger partial charge >= 0.3 is 19.8 Å². The van der Waals surface area contributed by atoms with Crippen LogP contribution in [0.2, 0.25) is 0 Å². The summed E-state index contributed by atoms with van der Waals surface area (Å²) in [6.45, 7) is 7.10. The molecule has 3 aliphatic carbocycles. The van der Waals surface area contributed by atoms with Crippen LogP contribution in [0.3, 0.4) is 0 Å². The standard InChI is InChI=1S/C24H32N5O6P/c1-15-3-6-19(30)29(15)10-9-23(7-8-23)20(31)28-27-18-11-24(12-18)21(32)34-36(2,35-22(24)33)26-14-17-5-4-16(17)13-25/h3,6,16-17,26H,1,4-5,7-14,25H2,2H3/p+1/t16-,17-,24?,36?/m0/s1. The third-order valence-corrected chi connectivity index (χ3v) is 10.1. The molecule has 2 atom stereocenters. The summed E-state index contributed by atoms with van der Waals surface area (Å²) in [7, 11) is -2.83. The molecule has 12 heteroatoms. The number of carbonyl (C=O) groups excluding carboxylic acids is 4. The van der Waals surface area contributed by atoms with Gasteiger partial charge in [-0.2, -0.15) is 5.10 Å². The van der Waals surface area contributed by atoms with Crippen LogP contribution in [-0.2, 0) is 28.2 Å². The van der Waals surface area contributed by atoms with Gasteiger partial charge in [-0.05, 0) is 56.6 Å². The quantitative estimate of drug-likeness (QED) is 0.235. The molecule has 0 aromatic carbocycles. The van der Waals surface area contributed by atoms with Crippen LogP contribution < -0.4 is 16.2 Å². The highest BCUT2D eigenvalue weighted by atomic mass is 31.2. The summed E-state index contributed by atoms with van der Waals surface area (Å²) in [5.41, 5.74) is 7.57. The Morgan fingerprint density at radius 2 is 1.86 bits per heavy atom. The summed E-state index contributed by atoms with van der Waals surface area (Å²) in [4.78, 5) is 51.9. The van der Waals surface area contributed by atoms with Gasteiger partial charge in [0.25, 0.3) is 5.91 Å². The predicted octanol–water partition coefficient (Wildman–Crippen LogP) is 1.39. The molecular formula is C24H33N5O6P+. The molecule has 5 rings (SSSR count). The van der Waals surface area contributed by atoms with Crippen LogP contribution in [0.4, 0.5) is 0 Å². The van der Waals surface area contributed by atoms with Crippen molar-refractivity contribution in [3.05, 3.63) is 24.4 Å². The van der Waals surface area contributed by atoms with Crippen LogP contribution in [0.25, 0.3) is 0 Å². The van der Waals surface area contributed by atoms with Crippen molar-refractivity contribution in [1.82, 2.24) is 15.4 Å². The number of rotatable bonds is 9. The molecule has 1 spiro atoms. The molecule has 1 saturated heterocycles. The number of hydrogen-bond acceptors (Lipinski definition) is 9. The Morgan fingerprint density at radius 1 is 1.19 bits per heavy atom. The van der Waals surface area contributed by atoms with E-state index in [-0.39, 0.29) is 24.7 Å². The van der Waals surface area contributed by atoms with E-state index in [1.54, 1.807) is 17.6 Å². The van der Waals surface area contributed by atoms with E-state index >= 15 is 0 Å². The van der Waals surface area contributed by atoms with Crippen molar-refractivity contribution in [1.29, 1.82) is 0 Å². The largest absolute Gasteiger partial charge is 0.442 e. The van der Waals surface area contributed by atoms with E-state index < -0.39 is 30.6 Å². The number of nitrogens with two attached hydrogens (primary N) is 1. The molecule has 0 radical (unpaired) electrons. The van der Waals surface area contributed by atoms with Crippen LogP contribution in [0, 0.1) is 22.7 Å². The number of nitrogens with one attached hydrogen (secondary N) is 2. The monoisotopic (exact) mass is 518 g/mol. The second kappa shape index (κ2) is 9.04. The summed E-state index contributed by atoms with van der Waals surface area (Å²) >= 11 is 0. The SMILES string of the molecule is C=C1C=CC(=O)N1CCC1(C(=O)NN=C2CC3(C2)C(=O)O[P+](C)(NC[C@@H]2CC[C@H]2CN)OC3=O)CC1. The molecule has 0 unspecified atom stereocenters. The Bertz CT molecular complexity index is 1030. The third kappa shape index (κ3) is 4.37. The van der Waals surface area contributed by atoms with E-state index in [2.05, 4.69) is 22.2 Å². The first-order chi connectivity index (χ1) is 17.1. The van der Waals surface area contributed by atoms with Crippen molar-refractivity contribution < 1.29 is 28.2 Å². The maximum Gasteiger partial charge on any atom is 0.442 e. The molecule has 36 heavy (non-hydrogen) atoms. The lowest BCUT2D eigenvalue weighted by Gasteiger charge is -2.41. The fourth-order valence-corrected chi connectivity index (χ4v) is 6.94. The lowest BCUT2D eigenvalue weighted by molar-refractivity contribution is -0.168. The van der Waals surface area contributed by atoms with Crippen molar-refractivity contribution in [2.75, 3.05) is 26.3 Å². The number of nitrogens with zero attached hydrogens (tertiary/aromatic N) is 2. The zero-order valence-corrected chi connectivity index (χ0v) is 21.4. The summed E-state index contributed by atoms with van der Waals surface area (Å²) in [6.07, 6.45) is 7.34. The minimum Gasteiger partial charge on any atom is -0.330 e. The average molecular weight is 519 g/mol. The normalized spacial score (nSPS) is 34.2. The Balaban J connectivity index is 1.11. The molecule has 4 fully saturated rings. The van der Waals surface area contributed by atoms with Gasteiger partial charge in [0.05, 0.1) is 5.41 Å². The summed E-state index contributed by atoms with van der Waals surface area (Å²) in [5.74, 6) is -0.699. The zero-order chi connectivity index (χ0) is 25.7. The number of hydrogen-bond donors (Lipinski definition) is 3. The topological polar surface area (TPSA) is 152 Å². The van der Waals surface area contributed by atoms with Gasteiger partial charge in [0.15, 0.2) is 5.41 Å². The lowest BCUT2D eigenvalue weighted by Crippen LogP contribution is -2.56. The number of carbonyl (C=O) groups is 4. The van der Waals surface area contributed by atoms with Crippen molar-refractivity contribution in [3.8, 4) is 0 Å². The lowest BCUT2D eigenvalue weighted by atomic mass is 9.67. The minimum absolute atomic E-state index is 0.0591. The van der Waals surface area contributed by atoms with Gasteiger partial charge in [-0.3, -0.25) is 18.6 Å². The molecule has 11 nitrogen and oxygen atoms in total. The van der Waals surface area contributed by atoms with Crippen LogP contribution in [0.5, 0.6) is 0 Å². The van der Waals surface area contributed by atoms with E-state index in [1.165, 1.54) is 6.08 Å². The van der Waals surface area contributed by atoms with Crippen molar-refractivity contribution >= 4 is 37.3 Å². The van der Waals surface area contributed by atoms with E-state index in [4.69, 9.17) is 14.8 Å². The summed E-state index contributed by atoms with van der Waals surface area (Å²) in [5, 5.41) is 7.34. The molecule has 2 heterocycles. The van der Waals surface area contributed by atoms with E-state index in [9.17, 15) is 19.2 Å². The average Bonchev–Trinajstić information content (AvgIpc) is 3.50. The molecule has 0 aromatic heterocycles. The Hall–Kier alpha value is -2.62. The third-order valence-electron chi connectivity index (χ3n) is 8.32. The van der Waals surface area contributed by atoms with E-state index in [0.717, 1.165) is 25.7 Å². The molecule has 3 saturated carbocycles. The summed E-state index contributed by atoms with van der Waals surface area (Å²) in [6, 6.07) is 0. The molecule has 4 N–H and O–H groups in total. The first-order valence-electron chi connectivity index (χ1n) is 12.4. The van der Waals surface area contributed by atoms with E-state index in [0.29, 0.717) is 49.3 Å². The molecular weight excluding hydrogens is 485 g/mol. The maximum absolute atomic E-state index is 12.8. The predicted molar refractivity (Wildman–Crippen MR) is 132 cm³/mol. The van der Waals surface area contributed by atoms with Crippen LogP contribution in [-0.4, -0.2) is 60.7 Å². The van der Waals surface area contributed by atoms with Crippen molar-refractivity contribution in [2.24, 2.45) is 33.5 Å². The summed E-state index contributed by atoms with van der Waals surface area (Å²) < 4.78 is 11.3. The van der Waals surface area contributed by atoms with Gasteiger partial charge < -0.3 is 10.6 Å². The van der Waals surface area contributed by atoms with Crippen LogP contribution >= 0.6 is 7.87 Å². The Labute approximate surface area is 210 Å². The second-order valence-electron chi connectivity index (χ2n) is 10.7. The zero-order valence-electron chi connectivity index (χ0n) is 20.5. The fourth-order valence-electron chi connectivity index (χ4n) is 5.23. The fraction of sp³-hybridized carbons (Fsp3) is 0.625. The van der Waals surface area contributed by atoms with Gasteiger partial charge in [0, 0.05) is 43.4 Å². The molecule has 0 aromatic rings. The molecule has 2 amide bonds. The smallest absolute Gasteiger partial charge is 0.330 e. The van der Waals surface area contributed by atoms with Crippen molar-refractivity contribution in [2.45, 2.75) is 44.9 Å². The van der Waals surface area contributed by atoms with Crippen molar-refractivity contribution in [3.63, 3.8) is 0 Å². The van der Waals surface area contributed by atoms with Crippen LogP contribution in [0.1, 0.15) is 44.9 Å². The van der Waals surface area contributed by atoms with E-state index in [1.807, 2.05) is 0 Å². The number of amides is 2. The minimum atomic E-state index is -2.83. The molecule has 2 aliphatic heterocycles.